The third-order valence-electron chi connectivity index (χ3n) is 4.35. The van der Waals surface area contributed by atoms with Crippen LogP contribution in [-0.4, -0.2) is 57.9 Å². The Morgan fingerprint density at radius 3 is 2.76 bits per heavy atom. The number of aromatic nitrogens is 4. The van der Waals surface area contributed by atoms with Gasteiger partial charge in [0.25, 0.3) is 6.43 Å². The van der Waals surface area contributed by atoms with Crippen molar-refractivity contribution in [1.29, 1.82) is 0 Å². The molecule has 0 amide bonds. The number of ether oxygens (including phenoxy) is 1. The van der Waals surface area contributed by atoms with Crippen LogP contribution in [0.3, 0.4) is 0 Å². The highest BCUT2D eigenvalue weighted by Gasteiger charge is 2.28. The quantitative estimate of drug-likeness (QED) is 0.604. The molecule has 4 heterocycles. The highest BCUT2D eigenvalue weighted by atomic mass is 19.3. The summed E-state index contributed by atoms with van der Waals surface area (Å²) in [7, 11) is 0. The molecule has 0 spiro atoms. The second-order valence-corrected chi connectivity index (χ2v) is 6.38. The van der Waals surface area contributed by atoms with Gasteiger partial charge in [-0.2, -0.15) is 5.10 Å². The Hall–Kier alpha value is -3.02. The highest BCUT2D eigenvalue weighted by Crippen LogP contribution is 2.27. The zero-order chi connectivity index (χ0) is 20.5. The monoisotopic (exact) mass is 414 g/mol. The number of fused-ring (bicyclic) bond motifs is 1. The van der Waals surface area contributed by atoms with Crippen molar-refractivity contribution in [2.45, 2.75) is 18.6 Å². The summed E-state index contributed by atoms with van der Waals surface area (Å²) < 4.78 is 72.9. The first-order valence-corrected chi connectivity index (χ1v) is 8.65. The molecule has 0 unspecified atom stereocenters. The predicted octanol–water partition coefficient (Wildman–Crippen LogP) is 2.44. The molecule has 2 atom stereocenters. The topological polar surface area (TPSA) is 76.4 Å². The Morgan fingerprint density at radius 1 is 1.21 bits per heavy atom. The van der Waals surface area contributed by atoms with Crippen molar-refractivity contribution in [3.05, 3.63) is 36.2 Å². The van der Waals surface area contributed by atoms with E-state index < -0.39 is 36.9 Å². The predicted molar refractivity (Wildman–Crippen MR) is 92.8 cm³/mol. The maximum Gasteiger partial charge on any atom is 0.272 e. The Kier molecular flexibility index (Phi) is 5.18. The van der Waals surface area contributed by atoms with E-state index in [9.17, 15) is 22.0 Å². The molecule has 1 aliphatic rings. The van der Waals surface area contributed by atoms with Crippen molar-refractivity contribution >= 4 is 11.5 Å². The van der Waals surface area contributed by atoms with Crippen molar-refractivity contribution in [3.8, 4) is 17.1 Å². The van der Waals surface area contributed by atoms with Gasteiger partial charge in [-0.15, -0.1) is 0 Å². The highest BCUT2D eigenvalue weighted by molar-refractivity contribution is 5.62. The molecule has 1 fully saturated rings. The van der Waals surface area contributed by atoms with E-state index in [1.165, 1.54) is 23.0 Å². The number of halogens is 5. The van der Waals surface area contributed by atoms with Crippen LogP contribution in [0, 0.1) is 11.6 Å². The molecule has 7 nitrogen and oxygen atoms in total. The molecule has 29 heavy (non-hydrogen) atoms. The average molecular weight is 414 g/mol. The van der Waals surface area contributed by atoms with Crippen LogP contribution in [0.5, 0.6) is 5.75 Å². The largest absolute Gasteiger partial charge is 0.486 e. The number of imidazole rings is 1. The first kappa shape index (κ1) is 19.3. The number of rotatable bonds is 6. The minimum atomic E-state index is -2.65. The minimum Gasteiger partial charge on any atom is -0.486 e. The first-order chi connectivity index (χ1) is 13.9. The van der Waals surface area contributed by atoms with Crippen molar-refractivity contribution in [2.75, 3.05) is 25.0 Å². The summed E-state index contributed by atoms with van der Waals surface area (Å²) >= 11 is 0. The molecular formula is C17H15F5N6O. The van der Waals surface area contributed by atoms with Crippen LogP contribution in [0.2, 0.25) is 0 Å². The zero-order valence-electron chi connectivity index (χ0n) is 14.7. The number of nitrogens with zero attached hydrogens (tertiary/aromatic N) is 4. The summed E-state index contributed by atoms with van der Waals surface area (Å²) in [5.41, 5.74) is 0.0365. The van der Waals surface area contributed by atoms with E-state index in [1.54, 1.807) is 0 Å². The van der Waals surface area contributed by atoms with Crippen molar-refractivity contribution in [1.82, 2.24) is 24.9 Å². The van der Waals surface area contributed by atoms with Crippen molar-refractivity contribution in [2.24, 2.45) is 0 Å². The van der Waals surface area contributed by atoms with E-state index in [1.807, 2.05) is 0 Å². The first-order valence-electron chi connectivity index (χ1n) is 8.65. The van der Waals surface area contributed by atoms with Gasteiger partial charge in [0.2, 0.25) is 0 Å². The van der Waals surface area contributed by atoms with Gasteiger partial charge in [0.1, 0.15) is 29.9 Å². The summed E-state index contributed by atoms with van der Waals surface area (Å²) in [6.45, 7) is -0.409. The van der Waals surface area contributed by atoms with Gasteiger partial charge in [0.15, 0.2) is 23.1 Å². The van der Waals surface area contributed by atoms with Crippen LogP contribution < -0.4 is 15.4 Å². The lowest BCUT2D eigenvalue weighted by molar-refractivity contribution is 0.0817. The lowest BCUT2D eigenvalue weighted by atomic mass is 10.2. The van der Waals surface area contributed by atoms with E-state index in [0.29, 0.717) is 6.07 Å². The van der Waals surface area contributed by atoms with Gasteiger partial charge in [-0.1, -0.05) is 0 Å². The Morgan fingerprint density at radius 2 is 2.03 bits per heavy atom. The van der Waals surface area contributed by atoms with E-state index in [-0.39, 0.29) is 41.7 Å². The van der Waals surface area contributed by atoms with Gasteiger partial charge in [-0.05, 0) is 0 Å². The maximum absolute atomic E-state index is 14.4. The van der Waals surface area contributed by atoms with Gasteiger partial charge in [0.05, 0.1) is 18.4 Å². The summed E-state index contributed by atoms with van der Waals surface area (Å²) in [5.74, 6) is -2.16. The lowest BCUT2D eigenvalue weighted by Gasteiger charge is -2.16. The number of alkyl halides is 3. The summed E-state index contributed by atoms with van der Waals surface area (Å²) in [4.78, 5) is 7.99. The Balaban J connectivity index is 1.66. The fourth-order valence-electron chi connectivity index (χ4n) is 2.97. The summed E-state index contributed by atoms with van der Waals surface area (Å²) in [6, 6.07) is 1.28. The normalized spacial score (nSPS) is 19.2. The van der Waals surface area contributed by atoms with Crippen LogP contribution in [0.4, 0.5) is 27.8 Å². The molecule has 4 rings (SSSR count). The van der Waals surface area contributed by atoms with E-state index in [0.717, 1.165) is 0 Å². The third kappa shape index (κ3) is 3.92. The molecule has 0 aromatic carbocycles. The van der Waals surface area contributed by atoms with Crippen molar-refractivity contribution in [3.63, 3.8) is 0 Å². The van der Waals surface area contributed by atoms with E-state index in [2.05, 4.69) is 25.7 Å². The van der Waals surface area contributed by atoms with Crippen LogP contribution in [-0.2, 0) is 0 Å². The number of hydrogen-bond acceptors (Lipinski definition) is 6. The minimum absolute atomic E-state index is 0.0626. The lowest BCUT2D eigenvalue weighted by Crippen LogP contribution is -2.30. The van der Waals surface area contributed by atoms with Crippen LogP contribution in [0.15, 0.2) is 24.5 Å². The van der Waals surface area contributed by atoms with Crippen molar-refractivity contribution < 1.29 is 26.7 Å². The Bertz CT molecular complexity index is 1030. The smallest absolute Gasteiger partial charge is 0.272 e. The van der Waals surface area contributed by atoms with Gasteiger partial charge in [-0.3, -0.25) is 0 Å². The standard InChI is InChI=1S/C17H15F5N6O/c18-9-2-10(19)17(26-12-5-23-4-11(12)20)27-16(9)13-6-24-15-1-8(3-25-28(13)15)29-7-14(21)22/h1-3,6,11-12,14,23H,4-5,7H2,(H,26,27)/t11-,12-/m1/s1. The van der Waals surface area contributed by atoms with Gasteiger partial charge < -0.3 is 15.4 Å². The molecule has 0 saturated carbocycles. The molecule has 0 radical (unpaired) electrons. The molecule has 12 heteroatoms. The number of nitrogens with one attached hydrogen (secondary N) is 2. The van der Waals surface area contributed by atoms with Gasteiger partial charge in [-0.25, -0.2) is 36.4 Å². The SMILES string of the molecule is Fc1cc(F)c(-c2cnc3cc(OCC(F)F)cnn23)nc1N[C@@H]1CNC[C@H]1F. The van der Waals surface area contributed by atoms with E-state index in [4.69, 9.17) is 4.74 Å². The second-order valence-electron chi connectivity index (χ2n) is 6.38. The molecule has 0 bridgehead atoms. The second kappa shape index (κ2) is 7.78. The number of pyridine rings is 1. The number of anilines is 1. The molecule has 0 aliphatic carbocycles. The van der Waals surface area contributed by atoms with Crippen LogP contribution in [0.1, 0.15) is 0 Å². The zero-order valence-corrected chi connectivity index (χ0v) is 14.7. The Labute approximate surface area is 160 Å². The maximum atomic E-state index is 14.4. The molecule has 3 aromatic heterocycles. The summed E-state index contributed by atoms with van der Waals surface area (Å²) in [6.07, 6.45) is -1.47. The molecule has 1 saturated heterocycles. The van der Waals surface area contributed by atoms with Crippen LogP contribution >= 0.6 is 0 Å². The summed E-state index contributed by atoms with van der Waals surface area (Å²) in [5, 5.41) is 9.46. The number of hydrogen-bond donors (Lipinski definition) is 2. The molecule has 1 aliphatic heterocycles. The van der Waals surface area contributed by atoms with Gasteiger partial charge in [0, 0.05) is 25.2 Å². The average Bonchev–Trinajstić information content (AvgIpc) is 3.28. The molecule has 2 N–H and O–H groups in total. The molecule has 154 valence electrons. The van der Waals surface area contributed by atoms with Gasteiger partial charge >= 0.3 is 0 Å². The van der Waals surface area contributed by atoms with Crippen LogP contribution in [0.25, 0.3) is 17.0 Å². The molecule has 3 aromatic rings. The fourth-order valence-corrected chi connectivity index (χ4v) is 2.97. The third-order valence-corrected chi connectivity index (χ3v) is 4.35. The van der Waals surface area contributed by atoms with E-state index >= 15 is 0 Å². The molecular weight excluding hydrogens is 399 g/mol. The fraction of sp³-hybridized carbons (Fsp3) is 0.353.